The number of carbonyl (C=O) groups is 3. The van der Waals surface area contributed by atoms with Crippen molar-refractivity contribution in [2.75, 3.05) is 6.61 Å². The normalized spacial score (nSPS) is 17.3. The van der Waals surface area contributed by atoms with Gasteiger partial charge in [0.2, 0.25) is 5.91 Å². The summed E-state index contributed by atoms with van der Waals surface area (Å²) < 4.78 is 6.43. The van der Waals surface area contributed by atoms with E-state index in [0.717, 1.165) is 5.56 Å². The Morgan fingerprint density at radius 2 is 1.85 bits per heavy atom. The Bertz CT molecular complexity index is 1230. The van der Waals surface area contributed by atoms with Gasteiger partial charge in [-0.2, -0.15) is 5.10 Å². The molecule has 1 atom stereocenters. The van der Waals surface area contributed by atoms with E-state index in [1.807, 2.05) is 42.5 Å². The van der Waals surface area contributed by atoms with Crippen LogP contribution in [0.3, 0.4) is 0 Å². The van der Waals surface area contributed by atoms with Gasteiger partial charge in [-0.3, -0.25) is 14.3 Å². The number of fused-ring (bicyclic) bond motifs is 1. The predicted octanol–water partition coefficient (Wildman–Crippen LogP) is 3.44. The van der Waals surface area contributed by atoms with Gasteiger partial charge >= 0.3 is 5.97 Å². The van der Waals surface area contributed by atoms with Gasteiger partial charge in [0.05, 0.1) is 13.2 Å². The van der Waals surface area contributed by atoms with E-state index in [1.54, 1.807) is 26.0 Å². The van der Waals surface area contributed by atoms with E-state index in [2.05, 4.69) is 10.4 Å². The Balaban J connectivity index is 1.69. The lowest BCUT2D eigenvalue weighted by molar-refractivity contribution is -0.133. The number of amides is 2. The highest BCUT2D eigenvalue weighted by atomic mass is 35.5. The van der Waals surface area contributed by atoms with Gasteiger partial charge in [-0.15, -0.1) is 0 Å². The van der Waals surface area contributed by atoms with E-state index in [1.165, 1.54) is 15.6 Å². The van der Waals surface area contributed by atoms with Crippen molar-refractivity contribution in [2.45, 2.75) is 39.0 Å². The molecule has 3 aromatic rings. The summed E-state index contributed by atoms with van der Waals surface area (Å²) in [6.07, 6.45) is 0. The van der Waals surface area contributed by atoms with E-state index in [9.17, 15) is 14.4 Å². The average Bonchev–Trinajstić information content (AvgIpc) is 3.26. The molecule has 2 amide bonds. The number of esters is 1. The molecule has 0 saturated carbocycles. The Morgan fingerprint density at radius 1 is 1.15 bits per heavy atom. The maximum absolute atomic E-state index is 13.6. The molecule has 4 rings (SSSR count). The van der Waals surface area contributed by atoms with Crippen molar-refractivity contribution in [3.05, 3.63) is 88.2 Å². The number of carbonyl (C=O) groups excluding carboxylic acids is 3. The molecule has 2 aromatic carbocycles. The number of nitrogens with zero attached hydrogens (tertiary/aromatic N) is 3. The van der Waals surface area contributed by atoms with Crippen LogP contribution in [0.15, 0.2) is 60.7 Å². The third-order valence-corrected chi connectivity index (χ3v) is 6.22. The molecule has 8 nitrogen and oxygen atoms in total. The molecule has 1 unspecified atom stereocenters. The minimum Gasteiger partial charge on any atom is -0.461 e. The van der Waals surface area contributed by atoms with Crippen LogP contribution in [0.1, 0.15) is 46.0 Å². The average molecular weight is 481 g/mol. The molecule has 9 heteroatoms. The van der Waals surface area contributed by atoms with Crippen LogP contribution in [0.25, 0.3) is 0 Å². The zero-order valence-electron chi connectivity index (χ0n) is 19.0. The molecule has 0 aliphatic carbocycles. The van der Waals surface area contributed by atoms with Crippen LogP contribution >= 0.6 is 11.6 Å². The van der Waals surface area contributed by atoms with E-state index in [-0.39, 0.29) is 37.0 Å². The van der Waals surface area contributed by atoms with Gasteiger partial charge in [-0.25, -0.2) is 4.79 Å². The van der Waals surface area contributed by atoms with Crippen molar-refractivity contribution in [1.82, 2.24) is 20.0 Å². The van der Waals surface area contributed by atoms with Gasteiger partial charge in [0.1, 0.15) is 11.2 Å². The molecule has 1 N–H and O–H groups in total. The first-order valence-electron chi connectivity index (χ1n) is 11.0. The molecular weight excluding hydrogens is 456 g/mol. The lowest BCUT2D eigenvalue weighted by Crippen LogP contribution is -2.63. The number of rotatable bonds is 7. The number of halogens is 1. The molecule has 176 valence electrons. The highest BCUT2D eigenvalue weighted by Crippen LogP contribution is 2.31. The molecular formula is C25H25ClN4O4. The fraction of sp³-hybridized carbons (Fsp3) is 0.280. The molecule has 0 fully saturated rings. The molecule has 0 radical (unpaired) electrons. The lowest BCUT2D eigenvalue weighted by Gasteiger charge is -2.43. The Kier molecular flexibility index (Phi) is 6.70. The molecule has 2 heterocycles. The predicted molar refractivity (Wildman–Crippen MR) is 126 cm³/mol. The molecule has 1 aliphatic rings. The minimum atomic E-state index is -1.28. The van der Waals surface area contributed by atoms with Crippen LogP contribution in [0.2, 0.25) is 5.02 Å². The van der Waals surface area contributed by atoms with Crippen molar-refractivity contribution >= 4 is 29.4 Å². The summed E-state index contributed by atoms with van der Waals surface area (Å²) in [4.78, 5) is 40.8. The highest BCUT2D eigenvalue weighted by Gasteiger charge is 2.48. The van der Waals surface area contributed by atoms with Crippen LogP contribution < -0.4 is 5.32 Å². The van der Waals surface area contributed by atoms with Gasteiger partial charge in [-0.1, -0.05) is 60.1 Å². The van der Waals surface area contributed by atoms with Crippen molar-refractivity contribution in [3.63, 3.8) is 0 Å². The lowest BCUT2D eigenvalue weighted by atomic mass is 9.94. The molecule has 34 heavy (non-hydrogen) atoms. The first-order chi connectivity index (χ1) is 16.3. The maximum Gasteiger partial charge on any atom is 0.358 e. The third kappa shape index (κ3) is 4.54. The topological polar surface area (TPSA) is 93.5 Å². The minimum absolute atomic E-state index is 0.0248. The van der Waals surface area contributed by atoms with E-state index in [0.29, 0.717) is 17.1 Å². The number of hydrogen-bond donors (Lipinski definition) is 1. The fourth-order valence-electron chi connectivity index (χ4n) is 3.96. The van der Waals surface area contributed by atoms with Crippen molar-refractivity contribution < 1.29 is 19.1 Å². The molecule has 1 aromatic heterocycles. The van der Waals surface area contributed by atoms with Crippen LogP contribution in [0.5, 0.6) is 0 Å². The van der Waals surface area contributed by atoms with Crippen LogP contribution in [0.4, 0.5) is 0 Å². The summed E-state index contributed by atoms with van der Waals surface area (Å²) in [5.41, 5.74) is 0.595. The highest BCUT2D eigenvalue weighted by molar-refractivity contribution is 6.31. The van der Waals surface area contributed by atoms with Crippen molar-refractivity contribution in [3.8, 4) is 0 Å². The summed E-state index contributed by atoms with van der Waals surface area (Å²) in [6, 6.07) is 18.1. The maximum atomic E-state index is 13.6. The van der Waals surface area contributed by atoms with Crippen molar-refractivity contribution in [1.29, 1.82) is 0 Å². The standard InChI is InChI=1S/C25H25ClN4O4/c1-3-34-23(32)20-13-21-22(31)29(15-18-11-7-8-12-19(18)26)25(2,16-30(21)28-20)24(33)27-14-17-9-5-4-6-10-17/h4-13H,3,14-16H2,1-2H3,(H,27,33). The van der Waals surface area contributed by atoms with Gasteiger partial charge in [0.15, 0.2) is 5.69 Å². The summed E-state index contributed by atoms with van der Waals surface area (Å²) in [7, 11) is 0. The van der Waals surface area contributed by atoms with Gasteiger partial charge in [-0.05, 0) is 31.0 Å². The first kappa shape index (κ1) is 23.5. The zero-order chi connectivity index (χ0) is 24.3. The fourth-order valence-corrected chi connectivity index (χ4v) is 4.16. The summed E-state index contributed by atoms with van der Waals surface area (Å²) >= 11 is 6.37. The number of aromatic nitrogens is 2. The Labute approximate surface area is 202 Å². The molecule has 1 aliphatic heterocycles. The summed E-state index contributed by atoms with van der Waals surface area (Å²) in [5.74, 6) is -1.38. The largest absolute Gasteiger partial charge is 0.461 e. The Hall–Kier alpha value is -3.65. The van der Waals surface area contributed by atoms with Crippen LogP contribution in [-0.2, 0) is 29.2 Å². The third-order valence-electron chi connectivity index (χ3n) is 5.85. The van der Waals surface area contributed by atoms with E-state index in [4.69, 9.17) is 16.3 Å². The number of ether oxygens (including phenoxy) is 1. The Morgan fingerprint density at radius 3 is 2.56 bits per heavy atom. The number of benzene rings is 2. The monoisotopic (exact) mass is 480 g/mol. The number of hydrogen-bond acceptors (Lipinski definition) is 5. The van der Waals surface area contributed by atoms with Gasteiger partial charge in [0.25, 0.3) is 5.91 Å². The molecule has 0 bridgehead atoms. The quantitative estimate of drug-likeness (QED) is 0.523. The van der Waals surface area contributed by atoms with E-state index >= 15 is 0 Å². The molecule has 0 spiro atoms. The van der Waals surface area contributed by atoms with Crippen LogP contribution in [0, 0.1) is 0 Å². The second-order valence-electron chi connectivity index (χ2n) is 8.22. The number of nitrogens with one attached hydrogen (secondary N) is 1. The van der Waals surface area contributed by atoms with Crippen LogP contribution in [-0.4, -0.2) is 44.6 Å². The first-order valence-corrected chi connectivity index (χ1v) is 11.3. The van der Waals surface area contributed by atoms with E-state index < -0.39 is 17.4 Å². The van der Waals surface area contributed by atoms with Gasteiger partial charge in [0, 0.05) is 24.2 Å². The van der Waals surface area contributed by atoms with Gasteiger partial charge < -0.3 is 15.0 Å². The van der Waals surface area contributed by atoms with Crippen molar-refractivity contribution in [2.24, 2.45) is 0 Å². The smallest absolute Gasteiger partial charge is 0.358 e. The summed E-state index contributed by atoms with van der Waals surface area (Å²) in [5, 5.41) is 7.70. The zero-order valence-corrected chi connectivity index (χ0v) is 19.7. The molecule has 0 saturated heterocycles. The second kappa shape index (κ2) is 9.69. The second-order valence-corrected chi connectivity index (χ2v) is 8.62. The SMILES string of the molecule is CCOC(=O)c1cc2n(n1)CC(C)(C(=O)NCc1ccccc1)N(Cc1ccccc1Cl)C2=O. The summed E-state index contributed by atoms with van der Waals surface area (Å²) in [6.45, 7) is 4.07.